The predicted octanol–water partition coefficient (Wildman–Crippen LogP) is 3.17. The average Bonchev–Trinajstić information content (AvgIpc) is 2.48. The topological polar surface area (TPSA) is 32.8 Å². The second kappa shape index (κ2) is 7.64. The summed E-state index contributed by atoms with van der Waals surface area (Å²) in [5.41, 5.74) is 0.583. The van der Waals surface area contributed by atoms with Crippen LogP contribution < -0.4 is 0 Å². The van der Waals surface area contributed by atoms with Crippen LogP contribution >= 0.6 is 23.2 Å². The molecule has 1 aromatic carbocycles. The Morgan fingerprint density at radius 1 is 1.23 bits per heavy atom. The van der Waals surface area contributed by atoms with E-state index in [1.165, 1.54) is 0 Å². The number of hydrogen-bond acceptors (Lipinski definition) is 3. The molecule has 1 aromatic rings. The lowest BCUT2D eigenvalue weighted by Crippen LogP contribution is -2.58. The molecule has 6 heteroatoms. The number of carbonyl (C=O) groups excluding carboxylic acids is 1. The summed E-state index contributed by atoms with van der Waals surface area (Å²) >= 11 is 11.9. The van der Waals surface area contributed by atoms with E-state index in [0.717, 1.165) is 6.54 Å². The van der Waals surface area contributed by atoms with Crippen molar-refractivity contribution in [1.82, 2.24) is 9.80 Å². The Bertz CT molecular complexity index is 527. The normalized spacial score (nSPS) is 22.9. The highest BCUT2D eigenvalue weighted by Crippen LogP contribution is 2.24. The number of piperazine rings is 1. The van der Waals surface area contributed by atoms with Crippen molar-refractivity contribution in [3.8, 4) is 0 Å². The Balaban J connectivity index is 2.07. The average molecular weight is 345 g/mol. The first kappa shape index (κ1) is 17.5. The van der Waals surface area contributed by atoms with Gasteiger partial charge in [0, 0.05) is 44.4 Å². The smallest absolute Gasteiger partial charge is 0.254 e. The highest BCUT2D eigenvalue weighted by molar-refractivity contribution is 6.42. The standard InChI is InChI=1S/C16H22Cl2N2O2/c1-11-9-19(10-12(2)20(11)6-7-22-3)16(21)13-4-5-14(17)15(18)8-13/h4-5,8,11-12H,6-7,9-10H2,1-3H3. The van der Waals surface area contributed by atoms with E-state index in [2.05, 4.69) is 18.7 Å². The molecule has 2 rings (SSSR count). The molecule has 1 saturated heterocycles. The molecular weight excluding hydrogens is 323 g/mol. The Kier molecular flexibility index (Phi) is 6.09. The molecule has 0 radical (unpaired) electrons. The fourth-order valence-electron chi connectivity index (χ4n) is 2.97. The van der Waals surface area contributed by atoms with Gasteiger partial charge in [0.15, 0.2) is 0 Å². The second-order valence-electron chi connectivity index (χ2n) is 5.77. The monoisotopic (exact) mass is 344 g/mol. The summed E-state index contributed by atoms with van der Waals surface area (Å²) in [5.74, 6) is 0.00339. The van der Waals surface area contributed by atoms with Gasteiger partial charge in [0.25, 0.3) is 5.91 Å². The summed E-state index contributed by atoms with van der Waals surface area (Å²) in [6.45, 7) is 7.27. The zero-order valence-corrected chi connectivity index (χ0v) is 14.7. The molecule has 1 aliphatic rings. The van der Waals surface area contributed by atoms with Gasteiger partial charge in [-0.2, -0.15) is 0 Å². The van der Waals surface area contributed by atoms with Crippen molar-refractivity contribution in [3.63, 3.8) is 0 Å². The van der Waals surface area contributed by atoms with Crippen molar-refractivity contribution < 1.29 is 9.53 Å². The van der Waals surface area contributed by atoms with E-state index in [-0.39, 0.29) is 5.91 Å². The quantitative estimate of drug-likeness (QED) is 0.840. The van der Waals surface area contributed by atoms with E-state index in [4.69, 9.17) is 27.9 Å². The zero-order chi connectivity index (χ0) is 16.3. The molecule has 2 unspecified atom stereocenters. The highest BCUT2D eigenvalue weighted by Gasteiger charge is 2.31. The minimum absolute atomic E-state index is 0.00339. The van der Waals surface area contributed by atoms with Crippen LogP contribution in [0.5, 0.6) is 0 Å². The summed E-state index contributed by atoms with van der Waals surface area (Å²) in [5, 5.41) is 0.872. The molecule has 1 heterocycles. The van der Waals surface area contributed by atoms with Crippen LogP contribution in [0.1, 0.15) is 24.2 Å². The van der Waals surface area contributed by atoms with E-state index >= 15 is 0 Å². The van der Waals surface area contributed by atoms with E-state index in [9.17, 15) is 4.79 Å². The molecule has 1 amide bonds. The molecule has 1 aliphatic heterocycles. The number of nitrogens with zero attached hydrogens (tertiary/aromatic N) is 2. The summed E-state index contributed by atoms with van der Waals surface area (Å²) in [6.07, 6.45) is 0. The van der Waals surface area contributed by atoms with Gasteiger partial charge in [0.05, 0.1) is 16.7 Å². The first-order valence-electron chi connectivity index (χ1n) is 7.43. The number of amides is 1. The fraction of sp³-hybridized carbons (Fsp3) is 0.562. The lowest BCUT2D eigenvalue weighted by atomic mass is 10.1. The van der Waals surface area contributed by atoms with Crippen LogP contribution in [0, 0.1) is 0 Å². The van der Waals surface area contributed by atoms with Crippen molar-refractivity contribution in [2.24, 2.45) is 0 Å². The van der Waals surface area contributed by atoms with Crippen LogP contribution in [0.4, 0.5) is 0 Å². The van der Waals surface area contributed by atoms with Crippen LogP contribution in [0.2, 0.25) is 10.0 Å². The number of rotatable bonds is 4. The van der Waals surface area contributed by atoms with Crippen LogP contribution in [-0.2, 0) is 4.74 Å². The molecule has 1 fully saturated rings. The lowest BCUT2D eigenvalue weighted by Gasteiger charge is -2.44. The molecule has 0 aromatic heterocycles. The van der Waals surface area contributed by atoms with E-state index in [1.807, 2.05) is 4.90 Å². The van der Waals surface area contributed by atoms with Crippen molar-refractivity contribution in [2.45, 2.75) is 25.9 Å². The minimum Gasteiger partial charge on any atom is -0.383 e. The second-order valence-corrected chi connectivity index (χ2v) is 6.58. The first-order chi connectivity index (χ1) is 10.4. The maximum absolute atomic E-state index is 12.7. The highest BCUT2D eigenvalue weighted by atomic mass is 35.5. The molecule has 0 N–H and O–H groups in total. The summed E-state index contributed by atoms with van der Waals surface area (Å²) in [6, 6.07) is 5.62. The van der Waals surface area contributed by atoms with Crippen LogP contribution in [-0.4, -0.2) is 61.1 Å². The Labute approximate surface area is 141 Å². The van der Waals surface area contributed by atoms with Gasteiger partial charge < -0.3 is 9.64 Å². The van der Waals surface area contributed by atoms with Crippen LogP contribution in [0.25, 0.3) is 0 Å². The minimum atomic E-state index is 0.00339. The maximum Gasteiger partial charge on any atom is 0.254 e. The van der Waals surface area contributed by atoms with Gasteiger partial charge in [-0.3, -0.25) is 9.69 Å². The molecule has 22 heavy (non-hydrogen) atoms. The van der Waals surface area contributed by atoms with Crippen LogP contribution in [0.3, 0.4) is 0 Å². The van der Waals surface area contributed by atoms with Gasteiger partial charge >= 0.3 is 0 Å². The lowest BCUT2D eigenvalue weighted by molar-refractivity contribution is 0.0193. The van der Waals surface area contributed by atoms with Gasteiger partial charge in [-0.1, -0.05) is 23.2 Å². The Morgan fingerprint density at radius 2 is 1.86 bits per heavy atom. The third-order valence-electron chi connectivity index (χ3n) is 4.11. The molecular formula is C16H22Cl2N2O2. The van der Waals surface area contributed by atoms with E-state index in [0.29, 0.717) is 47.4 Å². The summed E-state index contributed by atoms with van der Waals surface area (Å²) in [7, 11) is 1.71. The SMILES string of the molecule is COCCN1C(C)CN(C(=O)c2ccc(Cl)c(Cl)c2)CC1C. The number of halogens is 2. The van der Waals surface area contributed by atoms with Gasteiger partial charge in [0.1, 0.15) is 0 Å². The number of hydrogen-bond donors (Lipinski definition) is 0. The van der Waals surface area contributed by atoms with Crippen LogP contribution in [0.15, 0.2) is 18.2 Å². The molecule has 122 valence electrons. The number of carbonyl (C=O) groups is 1. The van der Waals surface area contributed by atoms with Gasteiger partial charge in [-0.15, -0.1) is 0 Å². The molecule has 4 nitrogen and oxygen atoms in total. The van der Waals surface area contributed by atoms with Crippen molar-refractivity contribution >= 4 is 29.1 Å². The largest absolute Gasteiger partial charge is 0.383 e. The van der Waals surface area contributed by atoms with E-state index in [1.54, 1.807) is 25.3 Å². The van der Waals surface area contributed by atoms with Crippen molar-refractivity contribution in [1.29, 1.82) is 0 Å². The molecule has 2 atom stereocenters. The number of methoxy groups -OCH3 is 1. The maximum atomic E-state index is 12.7. The first-order valence-corrected chi connectivity index (χ1v) is 8.18. The number of benzene rings is 1. The fourth-order valence-corrected chi connectivity index (χ4v) is 3.27. The van der Waals surface area contributed by atoms with Gasteiger partial charge in [-0.05, 0) is 32.0 Å². The van der Waals surface area contributed by atoms with Crippen molar-refractivity contribution in [2.75, 3.05) is 33.4 Å². The summed E-state index contributed by atoms with van der Waals surface area (Å²) in [4.78, 5) is 16.9. The zero-order valence-electron chi connectivity index (χ0n) is 13.2. The van der Waals surface area contributed by atoms with Crippen molar-refractivity contribution in [3.05, 3.63) is 33.8 Å². The van der Waals surface area contributed by atoms with Gasteiger partial charge in [0.2, 0.25) is 0 Å². The summed E-state index contributed by atoms with van der Waals surface area (Å²) < 4.78 is 5.16. The third-order valence-corrected chi connectivity index (χ3v) is 4.85. The molecule has 0 bridgehead atoms. The Morgan fingerprint density at radius 3 is 2.41 bits per heavy atom. The molecule has 0 saturated carbocycles. The molecule has 0 aliphatic carbocycles. The van der Waals surface area contributed by atoms with Gasteiger partial charge in [-0.25, -0.2) is 0 Å². The Hall–Kier alpha value is -0.810. The predicted molar refractivity (Wildman–Crippen MR) is 89.9 cm³/mol. The number of ether oxygens (including phenoxy) is 1. The van der Waals surface area contributed by atoms with E-state index < -0.39 is 0 Å². The molecule has 0 spiro atoms. The third kappa shape index (κ3) is 3.93.